The van der Waals surface area contributed by atoms with E-state index in [2.05, 4.69) is 29.5 Å². The highest BCUT2D eigenvalue weighted by atomic mass is 16.5. The van der Waals surface area contributed by atoms with Gasteiger partial charge in [0.05, 0.1) is 12.8 Å². The normalized spacial score (nSPS) is 31.8. The zero-order valence-electron chi connectivity index (χ0n) is 12.5. The van der Waals surface area contributed by atoms with E-state index in [1.807, 2.05) is 6.07 Å². The summed E-state index contributed by atoms with van der Waals surface area (Å²) < 4.78 is 5.62. The number of nitrogens with zero attached hydrogens (tertiary/aromatic N) is 1. The minimum atomic E-state index is -0.0696. The van der Waals surface area contributed by atoms with Crippen molar-refractivity contribution in [3.63, 3.8) is 0 Å². The van der Waals surface area contributed by atoms with Gasteiger partial charge >= 0.3 is 0 Å². The fourth-order valence-corrected chi connectivity index (χ4v) is 3.80. The van der Waals surface area contributed by atoms with Gasteiger partial charge in [-0.3, -0.25) is 4.79 Å². The highest BCUT2D eigenvalue weighted by Crippen LogP contribution is 2.38. The molecular weight excluding hydrogens is 266 g/mol. The third kappa shape index (κ3) is 2.11. The standard InChI is InChI=1S/C16H21N3O2/c1-16(2)8-21-14-7-18-13(5-10(14)16)15(20)19-12-4-9-3-11(12)17-6-9/h5,7,9,11-12,17H,3-4,6,8H2,1-2H3,(H,19,20). The maximum absolute atomic E-state index is 12.4. The Morgan fingerprint density at radius 2 is 2.33 bits per heavy atom. The number of rotatable bonds is 2. The molecule has 1 aliphatic carbocycles. The Hall–Kier alpha value is -1.62. The summed E-state index contributed by atoms with van der Waals surface area (Å²) in [4.78, 5) is 16.7. The lowest BCUT2D eigenvalue weighted by Gasteiger charge is -2.24. The highest BCUT2D eigenvalue weighted by Gasteiger charge is 2.40. The average Bonchev–Trinajstić information content (AvgIpc) is 3.14. The van der Waals surface area contributed by atoms with E-state index in [4.69, 9.17) is 4.74 Å². The number of aromatic nitrogens is 1. The number of carbonyl (C=O) groups excluding carboxylic acids is 1. The first-order valence-electron chi connectivity index (χ1n) is 7.70. The molecule has 3 atom stereocenters. The van der Waals surface area contributed by atoms with Gasteiger partial charge in [-0.1, -0.05) is 13.8 Å². The number of ether oxygens (including phenoxy) is 1. The number of carbonyl (C=O) groups is 1. The van der Waals surface area contributed by atoms with Crippen molar-refractivity contribution < 1.29 is 9.53 Å². The van der Waals surface area contributed by atoms with Crippen molar-refractivity contribution in [3.05, 3.63) is 23.5 Å². The van der Waals surface area contributed by atoms with Crippen LogP contribution in [0, 0.1) is 5.92 Å². The molecule has 1 aromatic heterocycles. The molecule has 5 nitrogen and oxygen atoms in total. The summed E-state index contributed by atoms with van der Waals surface area (Å²) in [5, 5.41) is 6.60. The van der Waals surface area contributed by atoms with Crippen molar-refractivity contribution in [1.29, 1.82) is 0 Å². The molecule has 0 radical (unpaired) electrons. The summed E-state index contributed by atoms with van der Waals surface area (Å²) in [6.45, 7) is 5.99. The first-order valence-corrected chi connectivity index (χ1v) is 7.70. The Morgan fingerprint density at radius 3 is 3.05 bits per heavy atom. The van der Waals surface area contributed by atoms with E-state index in [0.717, 1.165) is 30.2 Å². The molecule has 1 aromatic rings. The van der Waals surface area contributed by atoms with E-state index in [0.29, 0.717) is 18.3 Å². The number of fused-ring (bicyclic) bond motifs is 3. The molecule has 1 amide bonds. The number of amides is 1. The van der Waals surface area contributed by atoms with Gasteiger partial charge in [0.2, 0.25) is 0 Å². The molecule has 3 aliphatic rings. The zero-order chi connectivity index (χ0) is 14.6. The monoisotopic (exact) mass is 287 g/mol. The Kier molecular flexibility index (Phi) is 2.76. The molecule has 3 heterocycles. The second-order valence-corrected chi connectivity index (χ2v) is 7.17. The van der Waals surface area contributed by atoms with E-state index in [-0.39, 0.29) is 17.4 Å². The van der Waals surface area contributed by atoms with E-state index in [1.165, 1.54) is 6.42 Å². The average molecular weight is 287 g/mol. The summed E-state index contributed by atoms with van der Waals surface area (Å²) in [6, 6.07) is 2.57. The smallest absolute Gasteiger partial charge is 0.270 e. The van der Waals surface area contributed by atoms with Gasteiger partial charge in [0.1, 0.15) is 11.4 Å². The van der Waals surface area contributed by atoms with Crippen LogP contribution in [0.5, 0.6) is 5.75 Å². The largest absolute Gasteiger partial charge is 0.491 e. The summed E-state index contributed by atoms with van der Waals surface area (Å²) in [6.07, 6.45) is 3.95. The summed E-state index contributed by atoms with van der Waals surface area (Å²) in [5.74, 6) is 1.46. The Morgan fingerprint density at radius 1 is 1.48 bits per heavy atom. The molecule has 2 N–H and O–H groups in total. The van der Waals surface area contributed by atoms with Gasteiger partial charge < -0.3 is 15.4 Å². The molecule has 21 heavy (non-hydrogen) atoms. The second kappa shape index (κ2) is 4.44. The minimum Gasteiger partial charge on any atom is -0.491 e. The van der Waals surface area contributed by atoms with Crippen molar-refractivity contribution in [3.8, 4) is 5.75 Å². The lowest BCUT2D eigenvalue weighted by molar-refractivity contribution is 0.0923. The molecular formula is C16H21N3O2. The Balaban J connectivity index is 1.53. The van der Waals surface area contributed by atoms with Crippen LogP contribution in [0.25, 0.3) is 0 Å². The molecule has 2 fully saturated rings. The van der Waals surface area contributed by atoms with Crippen LogP contribution in [0.15, 0.2) is 12.3 Å². The predicted octanol–water partition coefficient (Wildman–Crippen LogP) is 1.23. The lowest BCUT2D eigenvalue weighted by atomic mass is 9.87. The van der Waals surface area contributed by atoms with Gasteiger partial charge in [0.15, 0.2) is 0 Å². The minimum absolute atomic E-state index is 0.0543. The van der Waals surface area contributed by atoms with Crippen LogP contribution in [0.1, 0.15) is 42.7 Å². The first kappa shape index (κ1) is 13.1. The molecule has 2 aliphatic heterocycles. The summed E-state index contributed by atoms with van der Waals surface area (Å²) >= 11 is 0. The van der Waals surface area contributed by atoms with Gasteiger partial charge in [0, 0.05) is 23.1 Å². The number of piperidine rings is 1. The Bertz CT molecular complexity index is 599. The molecule has 5 heteroatoms. The fourth-order valence-electron chi connectivity index (χ4n) is 3.80. The van der Waals surface area contributed by atoms with Gasteiger partial charge in [0.25, 0.3) is 5.91 Å². The lowest BCUT2D eigenvalue weighted by Crippen LogP contribution is -2.48. The van der Waals surface area contributed by atoms with Crippen molar-refractivity contribution in [1.82, 2.24) is 15.6 Å². The van der Waals surface area contributed by atoms with Crippen LogP contribution in [0.3, 0.4) is 0 Å². The molecule has 4 rings (SSSR count). The Labute approximate surface area is 124 Å². The van der Waals surface area contributed by atoms with E-state index >= 15 is 0 Å². The van der Waals surface area contributed by atoms with Gasteiger partial charge in [-0.05, 0) is 31.4 Å². The van der Waals surface area contributed by atoms with Gasteiger partial charge in [-0.15, -0.1) is 0 Å². The quantitative estimate of drug-likeness (QED) is 0.859. The first-order chi connectivity index (χ1) is 10.0. The molecule has 2 bridgehead atoms. The van der Waals surface area contributed by atoms with Crippen molar-refractivity contribution >= 4 is 5.91 Å². The SMILES string of the molecule is CC1(C)COc2cnc(C(=O)NC3CC4CNC3C4)cc21. The van der Waals surface area contributed by atoms with Crippen LogP contribution in [0.2, 0.25) is 0 Å². The van der Waals surface area contributed by atoms with Gasteiger partial charge in [-0.2, -0.15) is 0 Å². The van der Waals surface area contributed by atoms with Crippen LogP contribution in [-0.2, 0) is 5.41 Å². The zero-order valence-corrected chi connectivity index (χ0v) is 12.5. The molecule has 0 spiro atoms. The van der Waals surface area contributed by atoms with E-state index in [9.17, 15) is 4.79 Å². The highest BCUT2D eigenvalue weighted by molar-refractivity contribution is 5.93. The third-order valence-electron chi connectivity index (χ3n) is 5.06. The third-order valence-corrected chi connectivity index (χ3v) is 5.06. The molecule has 112 valence electrons. The predicted molar refractivity (Wildman–Crippen MR) is 78.5 cm³/mol. The topological polar surface area (TPSA) is 63.2 Å². The molecule has 0 aromatic carbocycles. The number of pyridine rings is 1. The molecule has 1 saturated heterocycles. The van der Waals surface area contributed by atoms with Crippen LogP contribution >= 0.6 is 0 Å². The van der Waals surface area contributed by atoms with Crippen molar-refractivity contribution in [2.24, 2.45) is 5.92 Å². The van der Waals surface area contributed by atoms with Crippen LogP contribution in [0.4, 0.5) is 0 Å². The van der Waals surface area contributed by atoms with Crippen molar-refractivity contribution in [2.45, 2.75) is 44.2 Å². The van der Waals surface area contributed by atoms with E-state index < -0.39 is 0 Å². The molecule has 3 unspecified atom stereocenters. The number of hydrogen-bond acceptors (Lipinski definition) is 4. The number of nitrogens with one attached hydrogen (secondary N) is 2. The maximum Gasteiger partial charge on any atom is 0.270 e. The molecule has 1 saturated carbocycles. The number of hydrogen-bond donors (Lipinski definition) is 2. The van der Waals surface area contributed by atoms with E-state index in [1.54, 1.807) is 6.20 Å². The summed E-state index contributed by atoms with van der Waals surface area (Å²) in [7, 11) is 0. The van der Waals surface area contributed by atoms with Crippen LogP contribution in [-0.4, -0.2) is 36.1 Å². The van der Waals surface area contributed by atoms with Crippen LogP contribution < -0.4 is 15.4 Å². The second-order valence-electron chi connectivity index (χ2n) is 7.17. The van der Waals surface area contributed by atoms with Crippen molar-refractivity contribution in [2.75, 3.05) is 13.2 Å². The maximum atomic E-state index is 12.4. The summed E-state index contributed by atoms with van der Waals surface area (Å²) in [5.41, 5.74) is 1.52. The fraction of sp³-hybridized carbons (Fsp3) is 0.625. The van der Waals surface area contributed by atoms with Gasteiger partial charge in [-0.25, -0.2) is 4.98 Å².